The number of ether oxygens (including phenoxy) is 2. The van der Waals surface area contributed by atoms with Gasteiger partial charge < -0.3 is 9.47 Å². The molecule has 9 nitrogen and oxygen atoms in total. The summed E-state index contributed by atoms with van der Waals surface area (Å²) >= 11 is 4.54. The zero-order valence-corrected chi connectivity index (χ0v) is 17.7. The second-order valence-electron chi connectivity index (χ2n) is 6.02. The molecule has 0 aliphatic carbocycles. The average molecular weight is 488 g/mol. The summed E-state index contributed by atoms with van der Waals surface area (Å²) in [6.45, 7) is 0.175. The normalized spacial score (nSPS) is 12.2. The smallest absolute Gasteiger partial charge is 0.257 e. The summed E-state index contributed by atoms with van der Waals surface area (Å²) in [6, 6.07) is 12.3. The number of rotatable bonds is 6. The fourth-order valence-electron chi connectivity index (χ4n) is 2.52. The van der Waals surface area contributed by atoms with Crippen LogP contribution in [0.2, 0.25) is 0 Å². The summed E-state index contributed by atoms with van der Waals surface area (Å²) in [5.41, 5.74) is 3.67. The number of halogens is 1. The quantitative estimate of drug-likeness (QED) is 0.407. The van der Waals surface area contributed by atoms with Crippen LogP contribution < -0.4 is 20.2 Å². The minimum atomic E-state index is -0.361. The number of carbonyl (C=O) groups is 2. The molecule has 0 radical (unpaired) electrons. The molecule has 0 bridgehead atoms. The van der Waals surface area contributed by atoms with Crippen LogP contribution in [0.1, 0.15) is 20.9 Å². The van der Waals surface area contributed by atoms with E-state index < -0.39 is 0 Å². The van der Waals surface area contributed by atoms with Gasteiger partial charge in [0.05, 0.1) is 12.6 Å². The molecule has 4 rings (SSSR count). The maximum absolute atomic E-state index is 12.1. The van der Waals surface area contributed by atoms with Gasteiger partial charge in [-0.1, -0.05) is 29.5 Å². The number of nitrogens with zero attached hydrogens (tertiary/aromatic N) is 3. The molecule has 30 heavy (non-hydrogen) atoms. The van der Waals surface area contributed by atoms with Crippen LogP contribution in [0, 0.1) is 0 Å². The van der Waals surface area contributed by atoms with Crippen molar-refractivity contribution in [3.05, 3.63) is 63.1 Å². The Balaban J connectivity index is 1.31. The van der Waals surface area contributed by atoms with Crippen molar-refractivity contribution in [3.63, 3.8) is 0 Å². The third kappa shape index (κ3) is 4.81. The molecule has 0 unspecified atom stereocenters. The van der Waals surface area contributed by atoms with E-state index in [1.165, 1.54) is 6.21 Å². The van der Waals surface area contributed by atoms with Crippen LogP contribution in [0.15, 0.2) is 52.0 Å². The minimum absolute atomic E-state index is 0.0154. The van der Waals surface area contributed by atoms with Crippen LogP contribution in [0.5, 0.6) is 11.5 Å². The first-order valence-corrected chi connectivity index (χ1v) is 10.3. The Morgan fingerprint density at radius 1 is 1.17 bits per heavy atom. The van der Waals surface area contributed by atoms with Gasteiger partial charge in [0.2, 0.25) is 17.8 Å². The number of hydrogen-bond donors (Lipinski definition) is 2. The van der Waals surface area contributed by atoms with E-state index in [4.69, 9.17) is 9.47 Å². The highest BCUT2D eigenvalue weighted by molar-refractivity contribution is 9.10. The molecule has 1 aliphatic rings. The van der Waals surface area contributed by atoms with Crippen molar-refractivity contribution in [1.82, 2.24) is 15.6 Å². The number of nitrogens with one attached hydrogen (secondary N) is 2. The Kier molecular flexibility index (Phi) is 6.00. The first kappa shape index (κ1) is 20.0. The molecular weight excluding hydrogens is 474 g/mol. The molecular formula is C19H14BrN5O4S. The predicted octanol–water partition coefficient (Wildman–Crippen LogP) is 2.97. The van der Waals surface area contributed by atoms with E-state index in [0.717, 1.165) is 21.4 Å². The van der Waals surface area contributed by atoms with Gasteiger partial charge >= 0.3 is 0 Å². The van der Waals surface area contributed by atoms with Crippen molar-refractivity contribution >= 4 is 50.4 Å². The van der Waals surface area contributed by atoms with Crippen LogP contribution in [-0.4, -0.2) is 35.0 Å². The number of benzene rings is 2. The van der Waals surface area contributed by atoms with Crippen LogP contribution in [0.3, 0.4) is 0 Å². The molecule has 0 atom stereocenters. The first-order chi connectivity index (χ1) is 14.6. The second kappa shape index (κ2) is 9.01. The highest BCUT2D eigenvalue weighted by Gasteiger charge is 2.16. The zero-order valence-electron chi connectivity index (χ0n) is 15.3. The lowest BCUT2D eigenvalue weighted by Gasteiger charge is -2.01. The standard InChI is InChI=1S/C19H14BrN5O4S/c20-13-7-15-14(28-10-29-15)6-12(13)9-21-23-16(26)8-17-24-25-19(30-17)22-18(27)11-4-2-1-3-5-11/h1-7,9H,8,10H2,(H,23,26)(H,22,25,27). The van der Waals surface area contributed by atoms with Gasteiger partial charge in [-0.15, -0.1) is 10.2 Å². The largest absolute Gasteiger partial charge is 0.454 e. The number of hydrazone groups is 1. The molecule has 1 aromatic heterocycles. The van der Waals surface area contributed by atoms with Gasteiger partial charge in [-0.2, -0.15) is 5.10 Å². The van der Waals surface area contributed by atoms with Gasteiger partial charge in [0, 0.05) is 15.6 Å². The second-order valence-corrected chi connectivity index (χ2v) is 7.93. The third-order valence-corrected chi connectivity index (χ3v) is 5.45. The maximum atomic E-state index is 12.1. The maximum Gasteiger partial charge on any atom is 0.257 e. The molecule has 0 saturated heterocycles. The van der Waals surface area contributed by atoms with Crippen molar-refractivity contribution in [1.29, 1.82) is 0 Å². The molecule has 152 valence electrons. The Labute approximate surface area is 183 Å². The fraction of sp³-hybridized carbons (Fsp3) is 0.105. The van der Waals surface area contributed by atoms with Crippen LogP contribution >= 0.6 is 27.3 Å². The summed E-state index contributed by atoms with van der Waals surface area (Å²) in [6.07, 6.45) is 1.48. The lowest BCUT2D eigenvalue weighted by Crippen LogP contribution is -2.19. The van der Waals surface area contributed by atoms with Gasteiger partial charge in [-0.25, -0.2) is 5.43 Å². The number of anilines is 1. The molecule has 2 aromatic carbocycles. The predicted molar refractivity (Wildman–Crippen MR) is 114 cm³/mol. The van der Waals surface area contributed by atoms with Crippen LogP contribution in [-0.2, 0) is 11.2 Å². The Morgan fingerprint density at radius 2 is 1.93 bits per heavy atom. The van der Waals surface area contributed by atoms with E-state index in [-0.39, 0.29) is 25.0 Å². The van der Waals surface area contributed by atoms with E-state index in [1.807, 2.05) is 6.07 Å². The summed E-state index contributed by atoms with van der Waals surface area (Å²) < 4.78 is 11.4. The van der Waals surface area contributed by atoms with Crippen molar-refractivity contribution in [2.24, 2.45) is 5.10 Å². The van der Waals surface area contributed by atoms with E-state index in [1.54, 1.807) is 36.4 Å². The van der Waals surface area contributed by atoms with E-state index >= 15 is 0 Å². The molecule has 2 amide bonds. The number of carbonyl (C=O) groups excluding carboxylic acids is 2. The Bertz CT molecular complexity index is 1120. The molecule has 0 spiro atoms. The topological polar surface area (TPSA) is 115 Å². The lowest BCUT2D eigenvalue weighted by molar-refractivity contribution is -0.120. The summed E-state index contributed by atoms with van der Waals surface area (Å²) in [5, 5.41) is 15.2. The number of fused-ring (bicyclic) bond motifs is 1. The monoisotopic (exact) mass is 487 g/mol. The summed E-state index contributed by atoms with van der Waals surface area (Å²) in [7, 11) is 0. The van der Waals surface area contributed by atoms with Crippen molar-refractivity contribution in [3.8, 4) is 11.5 Å². The summed E-state index contributed by atoms with van der Waals surface area (Å²) in [4.78, 5) is 24.2. The third-order valence-electron chi connectivity index (χ3n) is 3.92. The number of aromatic nitrogens is 2. The van der Waals surface area contributed by atoms with Gasteiger partial charge in [0.25, 0.3) is 5.91 Å². The molecule has 2 heterocycles. The van der Waals surface area contributed by atoms with E-state index in [9.17, 15) is 9.59 Å². The molecule has 3 aromatic rings. The average Bonchev–Trinajstić information content (AvgIpc) is 3.37. The molecule has 0 fully saturated rings. The van der Waals surface area contributed by atoms with E-state index in [0.29, 0.717) is 27.2 Å². The van der Waals surface area contributed by atoms with Crippen molar-refractivity contribution in [2.75, 3.05) is 12.1 Å². The van der Waals surface area contributed by atoms with Gasteiger partial charge in [-0.3, -0.25) is 14.9 Å². The fourth-order valence-corrected chi connectivity index (χ4v) is 3.68. The number of hydrogen-bond acceptors (Lipinski definition) is 8. The van der Waals surface area contributed by atoms with Gasteiger partial charge in [-0.05, 0) is 40.2 Å². The van der Waals surface area contributed by atoms with Crippen LogP contribution in [0.25, 0.3) is 0 Å². The molecule has 1 aliphatic heterocycles. The molecule has 11 heteroatoms. The van der Waals surface area contributed by atoms with Gasteiger partial charge in [0.15, 0.2) is 11.5 Å². The van der Waals surface area contributed by atoms with Crippen LogP contribution in [0.4, 0.5) is 5.13 Å². The first-order valence-electron chi connectivity index (χ1n) is 8.68. The van der Waals surface area contributed by atoms with Crippen molar-refractivity contribution in [2.45, 2.75) is 6.42 Å². The van der Waals surface area contributed by atoms with E-state index in [2.05, 4.69) is 42.0 Å². The minimum Gasteiger partial charge on any atom is -0.454 e. The number of amides is 2. The SMILES string of the molecule is O=C(Cc1nnc(NC(=O)c2ccccc2)s1)NN=Cc1cc2c(cc1Br)OCO2. The van der Waals surface area contributed by atoms with Gasteiger partial charge in [0.1, 0.15) is 5.01 Å². The Morgan fingerprint density at radius 3 is 2.73 bits per heavy atom. The highest BCUT2D eigenvalue weighted by atomic mass is 79.9. The molecule has 2 N–H and O–H groups in total. The summed E-state index contributed by atoms with van der Waals surface area (Å²) in [5.74, 6) is 0.612. The zero-order chi connectivity index (χ0) is 20.9. The van der Waals surface area contributed by atoms with Crippen molar-refractivity contribution < 1.29 is 19.1 Å². The molecule has 0 saturated carbocycles. The highest BCUT2D eigenvalue weighted by Crippen LogP contribution is 2.36. The Hall–Kier alpha value is -3.31. The lowest BCUT2D eigenvalue weighted by atomic mass is 10.2.